The average molecular weight is 558 g/mol. The Balaban J connectivity index is 0.00000308. The van der Waals surface area contributed by atoms with Crippen LogP contribution in [0.2, 0.25) is 0 Å². The van der Waals surface area contributed by atoms with Gasteiger partial charge in [-0.1, -0.05) is 97.1 Å². The first-order chi connectivity index (χ1) is 18.7. The van der Waals surface area contributed by atoms with Gasteiger partial charge in [0.2, 0.25) is 0 Å². The van der Waals surface area contributed by atoms with E-state index in [1.807, 2.05) is 121 Å². The molecule has 0 fully saturated rings. The van der Waals surface area contributed by atoms with Crippen LogP contribution in [0.15, 0.2) is 131 Å². The molecule has 184 valence electrons. The van der Waals surface area contributed by atoms with Crippen LogP contribution in [0.3, 0.4) is 0 Å². The standard InChI is InChI=1S/C34H24N2O2.Zn/c37-33-25(19-17-23-9-1-3-11-27(23)33)21-35-31-15-7-5-13-29(31)30-14-6-8-16-32(30)36-22-26-20-18-24-10-2-4-12-28(24)34(26)38;/h1-22,37-38H;. The molecular formula is C34H24N2O2Zn. The van der Waals surface area contributed by atoms with E-state index in [0.29, 0.717) is 11.1 Å². The molecule has 0 aliphatic rings. The summed E-state index contributed by atoms with van der Waals surface area (Å²) in [6.45, 7) is 0. The van der Waals surface area contributed by atoms with Crippen LogP contribution >= 0.6 is 0 Å². The summed E-state index contributed by atoms with van der Waals surface area (Å²) in [5.74, 6) is 0.425. The molecule has 4 nitrogen and oxygen atoms in total. The van der Waals surface area contributed by atoms with Crippen molar-refractivity contribution in [1.29, 1.82) is 0 Å². The smallest absolute Gasteiger partial charge is 0.132 e. The Morgan fingerprint density at radius 3 is 1.28 bits per heavy atom. The summed E-state index contributed by atoms with van der Waals surface area (Å²) in [6.07, 6.45) is 3.39. The van der Waals surface area contributed by atoms with E-state index in [9.17, 15) is 10.2 Å². The van der Waals surface area contributed by atoms with Gasteiger partial charge in [0.25, 0.3) is 0 Å². The summed E-state index contributed by atoms with van der Waals surface area (Å²) in [5.41, 5.74) is 4.65. The number of phenols is 2. The van der Waals surface area contributed by atoms with Gasteiger partial charge in [0.1, 0.15) is 11.5 Å². The van der Waals surface area contributed by atoms with Gasteiger partial charge in [0, 0.05) is 64.9 Å². The molecule has 0 aliphatic carbocycles. The van der Waals surface area contributed by atoms with E-state index in [-0.39, 0.29) is 31.0 Å². The summed E-state index contributed by atoms with van der Waals surface area (Å²) in [5, 5.41) is 25.1. The first-order valence-electron chi connectivity index (χ1n) is 12.4. The molecule has 0 amide bonds. The summed E-state index contributed by atoms with van der Waals surface area (Å²) in [4.78, 5) is 9.50. The van der Waals surface area contributed by atoms with Gasteiger partial charge in [-0.2, -0.15) is 0 Å². The van der Waals surface area contributed by atoms with Crippen LogP contribution in [0.4, 0.5) is 11.4 Å². The van der Waals surface area contributed by atoms with E-state index >= 15 is 0 Å². The molecule has 0 heterocycles. The van der Waals surface area contributed by atoms with Crippen molar-refractivity contribution in [1.82, 2.24) is 0 Å². The maximum atomic E-state index is 10.8. The Bertz CT molecular complexity index is 1720. The zero-order valence-corrected chi connectivity index (χ0v) is 24.2. The molecule has 0 unspecified atom stereocenters. The molecule has 2 N–H and O–H groups in total. The fraction of sp³-hybridized carbons (Fsp3) is 0. The third-order valence-corrected chi connectivity index (χ3v) is 6.65. The molecule has 5 heteroatoms. The summed E-state index contributed by atoms with van der Waals surface area (Å²) in [6, 6.07) is 38.9. The fourth-order valence-corrected chi connectivity index (χ4v) is 4.66. The summed E-state index contributed by atoms with van der Waals surface area (Å²) >= 11 is 0. The Morgan fingerprint density at radius 1 is 0.436 bits per heavy atom. The fourth-order valence-electron chi connectivity index (χ4n) is 4.66. The molecule has 0 saturated carbocycles. The van der Waals surface area contributed by atoms with Crippen molar-refractivity contribution >= 4 is 45.3 Å². The van der Waals surface area contributed by atoms with Gasteiger partial charge in [-0.25, -0.2) is 0 Å². The Kier molecular flexibility index (Phi) is 7.63. The minimum atomic E-state index is 0. The van der Waals surface area contributed by atoms with Crippen LogP contribution in [0.1, 0.15) is 11.1 Å². The predicted molar refractivity (Wildman–Crippen MR) is 158 cm³/mol. The molecule has 0 spiro atoms. The molecule has 0 radical (unpaired) electrons. The van der Waals surface area contributed by atoms with E-state index in [2.05, 4.69) is 0 Å². The molecule has 39 heavy (non-hydrogen) atoms. The predicted octanol–water partition coefficient (Wildman–Crippen LogP) is 8.57. The van der Waals surface area contributed by atoms with E-state index in [4.69, 9.17) is 9.98 Å². The van der Waals surface area contributed by atoms with Crippen molar-refractivity contribution in [2.24, 2.45) is 9.98 Å². The SMILES string of the molecule is Oc1c(C=Nc2ccccc2-c2ccccc2N=Cc2ccc3ccccc3c2O)ccc2ccccc12.[Zn]. The molecule has 0 bridgehead atoms. The van der Waals surface area contributed by atoms with Crippen LogP contribution in [-0.4, -0.2) is 22.6 Å². The van der Waals surface area contributed by atoms with Gasteiger partial charge in [-0.3, -0.25) is 9.98 Å². The first-order valence-corrected chi connectivity index (χ1v) is 12.4. The van der Waals surface area contributed by atoms with Gasteiger partial charge in [-0.05, 0) is 35.0 Å². The normalized spacial score (nSPS) is 11.4. The molecule has 6 aromatic carbocycles. The van der Waals surface area contributed by atoms with E-state index in [1.54, 1.807) is 12.4 Å². The zero-order chi connectivity index (χ0) is 25.9. The van der Waals surface area contributed by atoms with Crippen molar-refractivity contribution < 1.29 is 29.7 Å². The van der Waals surface area contributed by atoms with E-state index < -0.39 is 0 Å². The quantitative estimate of drug-likeness (QED) is 0.165. The minimum Gasteiger partial charge on any atom is -0.507 e. The van der Waals surface area contributed by atoms with E-state index in [0.717, 1.165) is 44.0 Å². The second-order valence-electron chi connectivity index (χ2n) is 9.00. The average Bonchev–Trinajstić information content (AvgIpc) is 2.97. The van der Waals surface area contributed by atoms with Crippen molar-refractivity contribution in [2.75, 3.05) is 0 Å². The topological polar surface area (TPSA) is 65.2 Å². The number of aromatic hydroxyl groups is 2. The summed E-state index contributed by atoms with van der Waals surface area (Å²) in [7, 11) is 0. The van der Waals surface area contributed by atoms with Gasteiger partial charge < -0.3 is 10.2 Å². The largest absolute Gasteiger partial charge is 0.507 e. The molecule has 6 aromatic rings. The number of hydrogen-bond donors (Lipinski definition) is 2. The molecule has 0 aromatic heterocycles. The van der Waals surface area contributed by atoms with Crippen molar-refractivity contribution in [3.63, 3.8) is 0 Å². The van der Waals surface area contributed by atoms with Crippen LogP contribution in [0, 0.1) is 0 Å². The van der Waals surface area contributed by atoms with Crippen LogP contribution in [-0.2, 0) is 19.5 Å². The molecular weight excluding hydrogens is 534 g/mol. The number of fused-ring (bicyclic) bond motifs is 2. The number of para-hydroxylation sites is 2. The van der Waals surface area contributed by atoms with Gasteiger partial charge in [0.05, 0.1) is 11.4 Å². The number of phenolic OH excluding ortho intramolecular Hbond substituents is 2. The first kappa shape index (κ1) is 26.0. The van der Waals surface area contributed by atoms with Crippen molar-refractivity contribution in [2.45, 2.75) is 0 Å². The second kappa shape index (κ2) is 11.4. The molecule has 0 saturated heterocycles. The van der Waals surface area contributed by atoms with Gasteiger partial charge >= 0.3 is 0 Å². The Hall–Kier alpha value is -4.60. The van der Waals surface area contributed by atoms with E-state index in [1.165, 1.54) is 0 Å². The number of hydrogen-bond acceptors (Lipinski definition) is 4. The molecule has 6 rings (SSSR count). The summed E-state index contributed by atoms with van der Waals surface area (Å²) < 4.78 is 0. The number of nitrogens with zero attached hydrogens (tertiary/aromatic N) is 2. The zero-order valence-electron chi connectivity index (χ0n) is 21.2. The monoisotopic (exact) mass is 556 g/mol. The van der Waals surface area contributed by atoms with Gasteiger partial charge in [-0.15, -0.1) is 0 Å². The number of rotatable bonds is 5. The van der Waals surface area contributed by atoms with Crippen LogP contribution in [0.25, 0.3) is 32.7 Å². The maximum Gasteiger partial charge on any atom is 0.132 e. The third kappa shape index (κ3) is 5.22. The maximum absolute atomic E-state index is 10.8. The van der Waals surface area contributed by atoms with Crippen molar-refractivity contribution in [3.05, 3.63) is 132 Å². The molecule has 0 atom stereocenters. The number of benzene rings is 6. The Labute approximate surface area is 239 Å². The van der Waals surface area contributed by atoms with Crippen LogP contribution in [0.5, 0.6) is 11.5 Å². The minimum absolute atomic E-state index is 0. The number of aliphatic imine (C=N–C) groups is 2. The van der Waals surface area contributed by atoms with Crippen molar-refractivity contribution in [3.8, 4) is 22.6 Å². The third-order valence-electron chi connectivity index (χ3n) is 6.65. The molecule has 0 aliphatic heterocycles. The second-order valence-corrected chi connectivity index (χ2v) is 9.00. The van der Waals surface area contributed by atoms with Crippen LogP contribution < -0.4 is 0 Å². The van der Waals surface area contributed by atoms with Gasteiger partial charge in [0.15, 0.2) is 0 Å². The Morgan fingerprint density at radius 2 is 0.821 bits per heavy atom.